The zero-order valence-corrected chi connectivity index (χ0v) is 14.8. The van der Waals surface area contributed by atoms with Crippen LogP contribution >= 0.6 is 11.6 Å². The lowest BCUT2D eigenvalue weighted by Crippen LogP contribution is -2.58. The van der Waals surface area contributed by atoms with Crippen LogP contribution in [0, 0.1) is 12.7 Å². The molecule has 0 aliphatic carbocycles. The lowest BCUT2D eigenvalue weighted by Gasteiger charge is -2.39. The van der Waals surface area contributed by atoms with Crippen molar-refractivity contribution >= 4 is 29.1 Å². The van der Waals surface area contributed by atoms with Crippen LogP contribution in [0.3, 0.4) is 0 Å². The summed E-state index contributed by atoms with van der Waals surface area (Å²) < 4.78 is 13.9. The summed E-state index contributed by atoms with van der Waals surface area (Å²) in [5.74, 6) is -1.26. The van der Waals surface area contributed by atoms with Crippen molar-refractivity contribution in [3.05, 3.63) is 64.4 Å². The van der Waals surface area contributed by atoms with E-state index >= 15 is 0 Å². The Bertz CT molecular complexity index is 840. The Hall–Kier alpha value is -2.40. The highest BCUT2D eigenvalue weighted by atomic mass is 35.5. The molecule has 0 bridgehead atoms. The first-order valence-electron chi connectivity index (χ1n) is 8.04. The first-order valence-corrected chi connectivity index (χ1v) is 8.41. The van der Waals surface area contributed by atoms with Crippen LogP contribution in [0.4, 0.5) is 10.1 Å². The van der Waals surface area contributed by atoms with Crippen LogP contribution in [0.5, 0.6) is 0 Å². The van der Waals surface area contributed by atoms with E-state index in [4.69, 9.17) is 11.6 Å². The SMILES string of the molecule is Cc1c(Cl)cccc1N1CCN(C(=O)c2ccccc2F)[C@H](C)C1=O. The summed E-state index contributed by atoms with van der Waals surface area (Å²) in [7, 11) is 0. The van der Waals surface area contributed by atoms with Crippen LogP contribution in [0.1, 0.15) is 22.8 Å². The highest BCUT2D eigenvalue weighted by Crippen LogP contribution is 2.29. The number of halogens is 2. The van der Waals surface area contributed by atoms with Crippen LogP contribution in [0.2, 0.25) is 5.02 Å². The molecular weight excluding hydrogens is 343 g/mol. The predicted molar refractivity (Wildman–Crippen MR) is 95.4 cm³/mol. The van der Waals surface area contributed by atoms with E-state index in [1.54, 1.807) is 30.0 Å². The van der Waals surface area contributed by atoms with Gasteiger partial charge in [-0.25, -0.2) is 4.39 Å². The van der Waals surface area contributed by atoms with Crippen LogP contribution in [0.25, 0.3) is 0 Å². The molecule has 1 aliphatic heterocycles. The van der Waals surface area contributed by atoms with E-state index in [1.807, 2.05) is 13.0 Å². The molecule has 1 atom stereocenters. The first-order chi connectivity index (χ1) is 11.9. The summed E-state index contributed by atoms with van der Waals surface area (Å²) in [6.45, 7) is 4.18. The van der Waals surface area contributed by atoms with Gasteiger partial charge in [0.1, 0.15) is 11.9 Å². The zero-order chi connectivity index (χ0) is 18.1. The Kier molecular flexibility index (Phi) is 4.77. The largest absolute Gasteiger partial charge is 0.325 e. The Labute approximate surface area is 150 Å². The summed E-state index contributed by atoms with van der Waals surface area (Å²) >= 11 is 6.15. The second-order valence-electron chi connectivity index (χ2n) is 6.03. The summed E-state index contributed by atoms with van der Waals surface area (Å²) in [6, 6.07) is 10.5. The highest BCUT2D eigenvalue weighted by molar-refractivity contribution is 6.31. The molecule has 0 N–H and O–H groups in total. The minimum absolute atomic E-state index is 0.0189. The lowest BCUT2D eigenvalue weighted by atomic mass is 10.1. The number of nitrogens with zero attached hydrogens (tertiary/aromatic N) is 2. The van der Waals surface area contributed by atoms with E-state index in [1.165, 1.54) is 23.1 Å². The molecule has 0 saturated carbocycles. The minimum atomic E-state index is -0.681. The Morgan fingerprint density at radius 1 is 1.16 bits per heavy atom. The highest BCUT2D eigenvalue weighted by Gasteiger charge is 2.36. The topological polar surface area (TPSA) is 40.6 Å². The Balaban J connectivity index is 1.86. The second-order valence-corrected chi connectivity index (χ2v) is 6.44. The van der Waals surface area contributed by atoms with Crippen molar-refractivity contribution in [1.82, 2.24) is 4.90 Å². The third-order valence-electron chi connectivity index (χ3n) is 4.55. The van der Waals surface area contributed by atoms with E-state index in [0.717, 1.165) is 11.3 Å². The first kappa shape index (κ1) is 17.4. The number of amides is 2. The van der Waals surface area contributed by atoms with Gasteiger partial charge in [0.25, 0.3) is 5.91 Å². The van der Waals surface area contributed by atoms with Crippen molar-refractivity contribution < 1.29 is 14.0 Å². The maximum absolute atomic E-state index is 13.9. The van der Waals surface area contributed by atoms with Gasteiger partial charge in [0, 0.05) is 23.8 Å². The summed E-state index contributed by atoms with van der Waals surface area (Å²) in [6.07, 6.45) is 0. The molecule has 0 radical (unpaired) electrons. The third-order valence-corrected chi connectivity index (χ3v) is 4.96. The maximum Gasteiger partial charge on any atom is 0.257 e. The van der Waals surface area contributed by atoms with Gasteiger partial charge >= 0.3 is 0 Å². The third kappa shape index (κ3) is 3.12. The fourth-order valence-corrected chi connectivity index (χ4v) is 3.23. The standard InChI is InChI=1S/C19H18ClFN2O2/c1-12-15(20)7-5-9-17(12)23-11-10-22(13(2)18(23)24)19(25)14-6-3-4-8-16(14)21/h3-9,13H,10-11H2,1-2H3/t13-/m1/s1. The van der Waals surface area contributed by atoms with Crippen molar-refractivity contribution in [2.75, 3.05) is 18.0 Å². The molecule has 1 heterocycles. The van der Waals surface area contributed by atoms with Crippen molar-refractivity contribution in [1.29, 1.82) is 0 Å². The zero-order valence-electron chi connectivity index (χ0n) is 14.0. The molecule has 25 heavy (non-hydrogen) atoms. The van der Waals surface area contributed by atoms with Crippen LogP contribution < -0.4 is 4.90 Å². The molecule has 2 aromatic carbocycles. The number of benzene rings is 2. The average Bonchev–Trinajstić information content (AvgIpc) is 2.60. The Morgan fingerprint density at radius 3 is 2.60 bits per heavy atom. The van der Waals surface area contributed by atoms with Crippen LogP contribution in [-0.4, -0.2) is 35.8 Å². The number of hydrogen-bond acceptors (Lipinski definition) is 2. The van der Waals surface area contributed by atoms with Crippen molar-refractivity contribution in [3.63, 3.8) is 0 Å². The number of carbonyl (C=O) groups excluding carboxylic acids is 2. The number of piperazine rings is 1. The Morgan fingerprint density at radius 2 is 1.88 bits per heavy atom. The molecule has 1 fully saturated rings. The predicted octanol–water partition coefficient (Wildman–Crippen LogP) is 3.67. The van der Waals surface area contributed by atoms with Crippen molar-refractivity contribution in [3.8, 4) is 0 Å². The summed E-state index contributed by atoms with van der Waals surface area (Å²) in [5, 5.41) is 0.586. The van der Waals surface area contributed by atoms with E-state index in [0.29, 0.717) is 18.1 Å². The molecule has 130 valence electrons. The number of anilines is 1. The number of carbonyl (C=O) groups is 2. The molecule has 2 amide bonds. The molecule has 1 saturated heterocycles. The van der Waals surface area contributed by atoms with Gasteiger partial charge in [-0.15, -0.1) is 0 Å². The van der Waals surface area contributed by atoms with Gasteiger partial charge in [0.15, 0.2) is 0 Å². The van der Waals surface area contributed by atoms with E-state index in [-0.39, 0.29) is 11.5 Å². The monoisotopic (exact) mass is 360 g/mol. The average molecular weight is 361 g/mol. The molecule has 0 aromatic heterocycles. The molecule has 4 nitrogen and oxygen atoms in total. The van der Waals surface area contributed by atoms with Gasteiger partial charge < -0.3 is 9.80 Å². The van der Waals surface area contributed by atoms with Gasteiger partial charge in [-0.1, -0.05) is 29.8 Å². The van der Waals surface area contributed by atoms with Crippen molar-refractivity contribution in [2.24, 2.45) is 0 Å². The van der Waals surface area contributed by atoms with Gasteiger partial charge in [-0.2, -0.15) is 0 Å². The van der Waals surface area contributed by atoms with Gasteiger partial charge in [-0.05, 0) is 43.7 Å². The van der Waals surface area contributed by atoms with E-state index in [2.05, 4.69) is 0 Å². The van der Waals surface area contributed by atoms with E-state index < -0.39 is 17.8 Å². The van der Waals surface area contributed by atoms with Gasteiger partial charge in [0.2, 0.25) is 5.91 Å². The molecular formula is C19H18ClFN2O2. The fraction of sp³-hybridized carbons (Fsp3) is 0.263. The fourth-order valence-electron chi connectivity index (χ4n) is 3.06. The maximum atomic E-state index is 13.9. The van der Waals surface area contributed by atoms with Crippen LogP contribution in [-0.2, 0) is 4.79 Å². The number of rotatable bonds is 2. The number of hydrogen-bond donors (Lipinski definition) is 0. The van der Waals surface area contributed by atoms with E-state index in [9.17, 15) is 14.0 Å². The summed E-state index contributed by atoms with van der Waals surface area (Å²) in [4.78, 5) is 28.5. The normalized spacial score (nSPS) is 17.8. The van der Waals surface area contributed by atoms with Crippen LogP contribution in [0.15, 0.2) is 42.5 Å². The van der Waals surface area contributed by atoms with Gasteiger partial charge in [0.05, 0.1) is 5.56 Å². The second kappa shape index (κ2) is 6.84. The van der Waals surface area contributed by atoms with Gasteiger partial charge in [-0.3, -0.25) is 9.59 Å². The summed E-state index contributed by atoms with van der Waals surface area (Å²) in [5.41, 5.74) is 1.54. The van der Waals surface area contributed by atoms with Crippen molar-refractivity contribution in [2.45, 2.75) is 19.9 Å². The lowest BCUT2D eigenvalue weighted by molar-refractivity contribution is -0.124. The minimum Gasteiger partial charge on any atom is -0.325 e. The molecule has 0 spiro atoms. The molecule has 2 aromatic rings. The molecule has 6 heteroatoms. The molecule has 3 rings (SSSR count). The molecule has 0 unspecified atom stereocenters. The smallest absolute Gasteiger partial charge is 0.257 e. The molecule has 1 aliphatic rings. The quantitative estimate of drug-likeness (QED) is 0.820.